The highest BCUT2D eigenvalue weighted by atomic mass is 16.5. The lowest BCUT2D eigenvalue weighted by atomic mass is 9.93. The van der Waals surface area contributed by atoms with Crippen LogP contribution in [0.1, 0.15) is 16.7 Å². The molecule has 0 fully saturated rings. The summed E-state index contributed by atoms with van der Waals surface area (Å²) in [6.45, 7) is 0.750. The van der Waals surface area contributed by atoms with E-state index in [-0.39, 0.29) is 5.75 Å². The van der Waals surface area contributed by atoms with Crippen LogP contribution in [0.15, 0.2) is 35.3 Å². The fourth-order valence-electron chi connectivity index (χ4n) is 2.98. The van der Waals surface area contributed by atoms with Gasteiger partial charge in [-0.15, -0.1) is 0 Å². The highest BCUT2D eigenvalue weighted by Crippen LogP contribution is 2.33. The molecule has 0 saturated carbocycles. The molecule has 1 N–H and O–H groups in total. The number of aromatic hydroxyl groups is 1. The van der Waals surface area contributed by atoms with Gasteiger partial charge in [-0.05, 0) is 41.8 Å². The zero-order chi connectivity index (χ0) is 17.1. The number of rotatable bonds is 5. The van der Waals surface area contributed by atoms with Crippen molar-refractivity contribution in [1.29, 1.82) is 0 Å². The van der Waals surface area contributed by atoms with E-state index in [1.807, 2.05) is 18.2 Å². The molecule has 0 radical (unpaired) electrons. The van der Waals surface area contributed by atoms with Crippen molar-refractivity contribution in [3.05, 3.63) is 47.0 Å². The van der Waals surface area contributed by atoms with Crippen LogP contribution in [0.4, 0.5) is 0 Å². The third-order valence-electron chi connectivity index (χ3n) is 4.22. The Morgan fingerprint density at radius 3 is 2.33 bits per heavy atom. The minimum Gasteiger partial charge on any atom is -0.504 e. The Morgan fingerprint density at radius 2 is 1.67 bits per heavy atom. The normalized spacial score (nSPS) is 13.0. The Bertz CT molecular complexity index is 783. The van der Waals surface area contributed by atoms with E-state index in [0.29, 0.717) is 17.9 Å². The van der Waals surface area contributed by atoms with Gasteiger partial charge in [-0.1, -0.05) is 6.07 Å². The molecule has 1 aliphatic rings. The van der Waals surface area contributed by atoms with Crippen LogP contribution < -0.4 is 14.2 Å². The molecule has 5 heteroatoms. The number of methoxy groups -OCH3 is 3. The van der Waals surface area contributed by atoms with Gasteiger partial charge in [0.15, 0.2) is 23.0 Å². The second-order valence-electron chi connectivity index (χ2n) is 5.63. The molecule has 2 aromatic rings. The van der Waals surface area contributed by atoms with Crippen LogP contribution in [0.3, 0.4) is 0 Å². The summed E-state index contributed by atoms with van der Waals surface area (Å²) in [4.78, 5) is 4.68. The maximum Gasteiger partial charge on any atom is 0.161 e. The zero-order valence-corrected chi connectivity index (χ0v) is 14.1. The van der Waals surface area contributed by atoms with Gasteiger partial charge >= 0.3 is 0 Å². The van der Waals surface area contributed by atoms with Crippen molar-refractivity contribution >= 4 is 5.71 Å². The second-order valence-corrected chi connectivity index (χ2v) is 5.63. The van der Waals surface area contributed by atoms with Crippen LogP contribution in [-0.2, 0) is 12.8 Å². The minimum absolute atomic E-state index is 0.138. The predicted octanol–water partition coefficient (Wildman–Crippen LogP) is 3.01. The van der Waals surface area contributed by atoms with E-state index in [4.69, 9.17) is 14.2 Å². The molecule has 0 saturated heterocycles. The summed E-state index contributed by atoms with van der Waals surface area (Å²) in [5.74, 6) is 2.04. The Morgan fingerprint density at radius 1 is 0.958 bits per heavy atom. The molecule has 2 aromatic carbocycles. The molecule has 3 rings (SSSR count). The van der Waals surface area contributed by atoms with Crippen molar-refractivity contribution in [2.75, 3.05) is 27.9 Å². The van der Waals surface area contributed by atoms with Gasteiger partial charge in [-0.25, -0.2) is 0 Å². The predicted molar refractivity (Wildman–Crippen MR) is 93.0 cm³/mol. The van der Waals surface area contributed by atoms with E-state index in [1.54, 1.807) is 26.4 Å². The number of aliphatic imine (C=N–C) groups is 1. The summed E-state index contributed by atoms with van der Waals surface area (Å²) in [5, 5.41) is 9.97. The van der Waals surface area contributed by atoms with E-state index in [9.17, 15) is 5.11 Å². The van der Waals surface area contributed by atoms with Crippen molar-refractivity contribution in [2.45, 2.75) is 12.8 Å². The first-order chi connectivity index (χ1) is 11.7. The highest BCUT2D eigenvalue weighted by Gasteiger charge is 2.19. The van der Waals surface area contributed by atoms with Gasteiger partial charge in [0.2, 0.25) is 0 Å². The lowest BCUT2D eigenvalue weighted by Gasteiger charge is -2.20. The van der Waals surface area contributed by atoms with Crippen LogP contribution in [0.25, 0.3) is 0 Å². The summed E-state index contributed by atoms with van der Waals surface area (Å²) in [6.07, 6.45) is 1.52. The van der Waals surface area contributed by atoms with Gasteiger partial charge in [0.25, 0.3) is 0 Å². The first kappa shape index (κ1) is 16.2. The molecule has 1 aliphatic heterocycles. The lowest BCUT2D eigenvalue weighted by Crippen LogP contribution is -2.16. The van der Waals surface area contributed by atoms with Gasteiger partial charge in [0.1, 0.15) is 0 Å². The number of phenolic OH excluding ortho intramolecular Hbond substituents is 1. The third-order valence-corrected chi connectivity index (χ3v) is 4.22. The minimum atomic E-state index is 0.138. The highest BCUT2D eigenvalue weighted by molar-refractivity contribution is 6.04. The molecule has 0 bridgehead atoms. The first-order valence-corrected chi connectivity index (χ1v) is 7.80. The van der Waals surface area contributed by atoms with E-state index in [0.717, 1.165) is 35.6 Å². The third kappa shape index (κ3) is 3.02. The molecule has 0 aromatic heterocycles. The van der Waals surface area contributed by atoms with E-state index >= 15 is 0 Å². The Hall–Kier alpha value is -2.69. The van der Waals surface area contributed by atoms with Crippen molar-refractivity contribution < 1.29 is 19.3 Å². The number of fused-ring (bicyclic) bond motifs is 1. The number of benzene rings is 2. The molecule has 0 spiro atoms. The fraction of sp³-hybridized carbons (Fsp3) is 0.316. The Labute approximate surface area is 141 Å². The Kier molecular flexibility index (Phi) is 4.60. The number of hydrogen-bond donors (Lipinski definition) is 1. The fourth-order valence-corrected chi connectivity index (χ4v) is 2.98. The summed E-state index contributed by atoms with van der Waals surface area (Å²) in [5.41, 5.74) is 4.25. The van der Waals surface area contributed by atoms with Gasteiger partial charge in [-0.2, -0.15) is 0 Å². The Balaban J connectivity index is 1.94. The number of phenols is 1. The van der Waals surface area contributed by atoms with E-state index in [1.165, 1.54) is 12.7 Å². The van der Waals surface area contributed by atoms with E-state index < -0.39 is 0 Å². The van der Waals surface area contributed by atoms with Crippen molar-refractivity contribution in [3.8, 4) is 23.0 Å². The maximum absolute atomic E-state index is 9.97. The quantitative estimate of drug-likeness (QED) is 0.917. The number of nitrogens with zero attached hydrogens (tertiary/aromatic N) is 1. The maximum atomic E-state index is 9.97. The average molecular weight is 327 g/mol. The van der Waals surface area contributed by atoms with Crippen molar-refractivity contribution in [3.63, 3.8) is 0 Å². The molecular formula is C19H21NO4. The molecule has 0 aliphatic carbocycles. The van der Waals surface area contributed by atoms with Crippen LogP contribution in [0, 0.1) is 0 Å². The largest absolute Gasteiger partial charge is 0.504 e. The van der Waals surface area contributed by atoms with Gasteiger partial charge in [-0.3, -0.25) is 4.99 Å². The first-order valence-electron chi connectivity index (χ1n) is 7.80. The van der Waals surface area contributed by atoms with Crippen LogP contribution >= 0.6 is 0 Å². The van der Waals surface area contributed by atoms with Crippen LogP contribution in [0.5, 0.6) is 23.0 Å². The van der Waals surface area contributed by atoms with Crippen molar-refractivity contribution in [1.82, 2.24) is 0 Å². The average Bonchev–Trinajstić information content (AvgIpc) is 2.61. The summed E-state index contributed by atoms with van der Waals surface area (Å²) >= 11 is 0. The zero-order valence-electron chi connectivity index (χ0n) is 14.1. The van der Waals surface area contributed by atoms with Crippen LogP contribution in [0.2, 0.25) is 0 Å². The van der Waals surface area contributed by atoms with Crippen LogP contribution in [-0.4, -0.2) is 38.7 Å². The molecule has 1 heterocycles. The molecule has 5 nitrogen and oxygen atoms in total. The van der Waals surface area contributed by atoms with Gasteiger partial charge < -0.3 is 19.3 Å². The standard InChI is InChI=1S/C19H21NO4/c1-22-17-5-4-12(9-16(17)21)8-15-14-11-19(24-3)18(23-2)10-13(14)6-7-20-15/h4-5,9-11,21H,6-8H2,1-3H3. The van der Waals surface area contributed by atoms with E-state index in [2.05, 4.69) is 4.99 Å². The lowest BCUT2D eigenvalue weighted by molar-refractivity contribution is 0.354. The molecular weight excluding hydrogens is 306 g/mol. The molecule has 24 heavy (non-hydrogen) atoms. The van der Waals surface area contributed by atoms with Gasteiger partial charge in [0, 0.05) is 24.2 Å². The smallest absolute Gasteiger partial charge is 0.161 e. The monoisotopic (exact) mass is 327 g/mol. The number of hydrogen-bond acceptors (Lipinski definition) is 5. The number of ether oxygens (including phenoxy) is 3. The molecule has 0 amide bonds. The molecule has 0 atom stereocenters. The molecule has 126 valence electrons. The summed E-state index contributed by atoms with van der Waals surface area (Å²) < 4.78 is 15.9. The molecule has 0 unspecified atom stereocenters. The van der Waals surface area contributed by atoms with Crippen molar-refractivity contribution in [2.24, 2.45) is 4.99 Å². The second kappa shape index (κ2) is 6.83. The summed E-state index contributed by atoms with van der Waals surface area (Å²) in [6, 6.07) is 9.43. The SMILES string of the molecule is COc1ccc(CC2=NCCc3cc(OC)c(OC)cc32)cc1O. The van der Waals surface area contributed by atoms with Gasteiger partial charge in [0.05, 0.1) is 21.3 Å². The topological polar surface area (TPSA) is 60.3 Å². The summed E-state index contributed by atoms with van der Waals surface area (Å²) in [7, 11) is 4.81.